The summed E-state index contributed by atoms with van der Waals surface area (Å²) >= 11 is 0. The van der Waals surface area contributed by atoms with E-state index in [2.05, 4.69) is 13.8 Å². The molecule has 0 amide bonds. The molecule has 2 atom stereocenters. The summed E-state index contributed by atoms with van der Waals surface area (Å²) in [4.78, 5) is 24.8. The lowest BCUT2D eigenvalue weighted by Gasteiger charge is -2.10. The maximum atomic E-state index is 12.5. The Labute approximate surface area is 215 Å². The largest absolute Gasteiger partial charge is 0.494 e. The van der Waals surface area contributed by atoms with Crippen LogP contribution in [0, 0.1) is 0 Å². The normalized spacial score (nSPS) is 17.1. The number of hydrogen-bond acceptors (Lipinski definition) is 6. The SMILES string of the molecule is CCCCCCCCOc1ccc(C(=O)Oc2ccc([C@H]3O[C@H](CCCCCC)OC3=O)cc2)cc1. The van der Waals surface area contributed by atoms with Crippen LogP contribution < -0.4 is 9.47 Å². The number of rotatable bonds is 16. The first-order valence-corrected chi connectivity index (χ1v) is 13.5. The predicted octanol–water partition coefficient (Wildman–Crippen LogP) is 7.56. The van der Waals surface area contributed by atoms with E-state index < -0.39 is 18.4 Å². The van der Waals surface area contributed by atoms with Gasteiger partial charge >= 0.3 is 11.9 Å². The highest BCUT2D eigenvalue weighted by Gasteiger charge is 2.36. The zero-order valence-corrected chi connectivity index (χ0v) is 21.7. The number of carbonyl (C=O) groups is 2. The molecular formula is C30H40O6. The van der Waals surface area contributed by atoms with E-state index in [9.17, 15) is 9.59 Å². The number of benzene rings is 2. The Morgan fingerprint density at radius 1 is 0.778 bits per heavy atom. The third-order valence-electron chi connectivity index (χ3n) is 6.29. The molecule has 36 heavy (non-hydrogen) atoms. The quantitative estimate of drug-likeness (QED) is 0.136. The standard InChI is InChI=1S/C30H40O6/c1-3-5-7-9-10-12-22-33-25-18-16-24(17-19-25)29(31)34-26-20-14-23(15-21-26)28-30(32)36-27(35-28)13-11-8-6-4-2/h14-21,27-28H,3-13,22H2,1-2H3/t27-,28+/m0/s1. The van der Waals surface area contributed by atoms with Crippen molar-refractivity contribution < 1.29 is 28.5 Å². The van der Waals surface area contributed by atoms with E-state index in [4.69, 9.17) is 18.9 Å². The second kappa shape index (κ2) is 15.3. The Morgan fingerprint density at radius 2 is 1.39 bits per heavy atom. The van der Waals surface area contributed by atoms with E-state index in [1.807, 2.05) is 0 Å². The molecule has 0 saturated carbocycles. The zero-order chi connectivity index (χ0) is 25.6. The molecule has 2 aromatic rings. The van der Waals surface area contributed by atoms with Gasteiger partial charge in [-0.15, -0.1) is 0 Å². The molecule has 1 aliphatic rings. The smallest absolute Gasteiger partial charge is 0.343 e. The molecule has 0 aliphatic carbocycles. The minimum Gasteiger partial charge on any atom is -0.494 e. The van der Waals surface area contributed by atoms with Gasteiger partial charge in [-0.1, -0.05) is 77.3 Å². The minimum atomic E-state index is -0.741. The highest BCUT2D eigenvalue weighted by Crippen LogP contribution is 2.31. The molecular weight excluding hydrogens is 456 g/mol. The van der Waals surface area contributed by atoms with Crippen LogP contribution in [0.15, 0.2) is 48.5 Å². The van der Waals surface area contributed by atoms with Crippen LogP contribution in [-0.4, -0.2) is 24.8 Å². The van der Waals surface area contributed by atoms with Crippen LogP contribution in [0.2, 0.25) is 0 Å². The summed E-state index contributed by atoms with van der Waals surface area (Å²) in [6.45, 7) is 5.06. The van der Waals surface area contributed by atoms with Crippen molar-refractivity contribution in [2.45, 2.75) is 96.9 Å². The molecule has 1 fully saturated rings. The molecule has 0 bridgehead atoms. The van der Waals surface area contributed by atoms with Gasteiger partial charge in [0, 0.05) is 6.42 Å². The third-order valence-corrected chi connectivity index (χ3v) is 6.29. The fourth-order valence-corrected chi connectivity index (χ4v) is 4.14. The van der Waals surface area contributed by atoms with E-state index in [1.165, 1.54) is 38.5 Å². The molecule has 2 aromatic carbocycles. The van der Waals surface area contributed by atoms with Crippen molar-refractivity contribution in [2.24, 2.45) is 0 Å². The van der Waals surface area contributed by atoms with Gasteiger partial charge in [-0.3, -0.25) is 0 Å². The van der Waals surface area contributed by atoms with Gasteiger partial charge in [0.15, 0.2) is 6.10 Å². The topological polar surface area (TPSA) is 71.1 Å². The van der Waals surface area contributed by atoms with Crippen molar-refractivity contribution in [1.29, 1.82) is 0 Å². The molecule has 1 heterocycles. The van der Waals surface area contributed by atoms with Crippen molar-refractivity contribution in [2.75, 3.05) is 6.61 Å². The molecule has 1 saturated heterocycles. The second-order valence-electron chi connectivity index (χ2n) is 9.33. The molecule has 0 N–H and O–H groups in total. The predicted molar refractivity (Wildman–Crippen MR) is 139 cm³/mol. The molecule has 0 unspecified atom stereocenters. The van der Waals surface area contributed by atoms with Crippen LogP contribution in [0.1, 0.15) is 107 Å². The highest BCUT2D eigenvalue weighted by molar-refractivity contribution is 5.91. The van der Waals surface area contributed by atoms with Crippen molar-refractivity contribution in [3.8, 4) is 11.5 Å². The van der Waals surface area contributed by atoms with E-state index in [0.29, 0.717) is 29.9 Å². The first kappa shape index (κ1) is 27.7. The average molecular weight is 497 g/mol. The van der Waals surface area contributed by atoms with Crippen LogP contribution in [0.25, 0.3) is 0 Å². The van der Waals surface area contributed by atoms with Crippen LogP contribution in [0.5, 0.6) is 11.5 Å². The Hall–Kier alpha value is -2.86. The van der Waals surface area contributed by atoms with Crippen molar-refractivity contribution in [3.05, 3.63) is 59.7 Å². The Bertz CT molecular complexity index is 921. The fraction of sp³-hybridized carbons (Fsp3) is 0.533. The first-order valence-electron chi connectivity index (χ1n) is 13.5. The second-order valence-corrected chi connectivity index (χ2v) is 9.33. The molecule has 196 valence electrons. The first-order chi connectivity index (χ1) is 17.6. The summed E-state index contributed by atoms with van der Waals surface area (Å²) in [6, 6.07) is 13.8. The van der Waals surface area contributed by atoms with Crippen molar-refractivity contribution >= 4 is 11.9 Å². The maximum absolute atomic E-state index is 12.5. The number of esters is 2. The van der Waals surface area contributed by atoms with E-state index in [0.717, 1.165) is 31.4 Å². The summed E-state index contributed by atoms with van der Waals surface area (Å²) in [5.41, 5.74) is 1.13. The van der Waals surface area contributed by atoms with Gasteiger partial charge in [0.05, 0.1) is 12.2 Å². The van der Waals surface area contributed by atoms with Crippen LogP contribution >= 0.6 is 0 Å². The monoisotopic (exact) mass is 496 g/mol. The average Bonchev–Trinajstić information content (AvgIpc) is 3.27. The van der Waals surface area contributed by atoms with Gasteiger partial charge in [-0.05, 0) is 54.8 Å². The molecule has 0 radical (unpaired) electrons. The van der Waals surface area contributed by atoms with Gasteiger partial charge in [0.2, 0.25) is 6.29 Å². The van der Waals surface area contributed by atoms with Gasteiger partial charge in [-0.2, -0.15) is 0 Å². The van der Waals surface area contributed by atoms with Gasteiger partial charge in [-0.25, -0.2) is 9.59 Å². The van der Waals surface area contributed by atoms with Crippen LogP contribution in [0.3, 0.4) is 0 Å². The van der Waals surface area contributed by atoms with Gasteiger partial charge in [0.1, 0.15) is 11.5 Å². The summed E-state index contributed by atoms with van der Waals surface area (Å²) in [5, 5.41) is 0. The maximum Gasteiger partial charge on any atom is 0.343 e. The molecule has 3 rings (SSSR count). The summed E-state index contributed by atoms with van der Waals surface area (Å²) in [6.07, 6.45) is 11.2. The van der Waals surface area contributed by atoms with Crippen LogP contribution in [-0.2, 0) is 14.3 Å². The number of ether oxygens (including phenoxy) is 4. The van der Waals surface area contributed by atoms with E-state index in [-0.39, 0.29) is 5.97 Å². The highest BCUT2D eigenvalue weighted by atomic mass is 16.8. The summed E-state index contributed by atoms with van der Waals surface area (Å²) < 4.78 is 22.4. The molecule has 6 heteroatoms. The Morgan fingerprint density at radius 3 is 2.08 bits per heavy atom. The lowest BCUT2D eigenvalue weighted by Crippen LogP contribution is -2.09. The van der Waals surface area contributed by atoms with Crippen molar-refractivity contribution in [1.82, 2.24) is 0 Å². The number of carbonyl (C=O) groups excluding carboxylic acids is 2. The minimum absolute atomic E-state index is 0.376. The number of cyclic esters (lactones) is 1. The lowest BCUT2D eigenvalue weighted by atomic mass is 10.1. The molecule has 6 nitrogen and oxygen atoms in total. The number of hydrogen-bond donors (Lipinski definition) is 0. The van der Waals surface area contributed by atoms with Crippen molar-refractivity contribution in [3.63, 3.8) is 0 Å². The zero-order valence-electron chi connectivity index (χ0n) is 21.7. The van der Waals surface area contributed by atoms with Crippen LogP contribution in [0.4, 0.5) is 0 Å². The van der Waals surface area contributed by atoms with E-state index in [1.54, 1.807) is 48.5 Å². The summed E-state index contributed by atoms with van der Waals surface area (Å²) in [7, 11) is 0. The van der Waals surface area contributed by atoms with Gasteiger partial charge < -0.3 is 18.9 Å². The van der Waals surface area contributed by atoms with E-state index >= 15 is 0 Å². The summed E-state index contributed by atoms with van der Waals surface area (Å²) in [5.74, 6) is 0.319. The lowest BCUT2D eigenvalue weighted by molar-refractivity contribution is -0.144. The fourth-order valence-electron chi connectivity index (χ4n) is 4.14. The molecule has 1 aliphatic heterocycles. The van der Waals surface area contributed by atoms with Gasteiger partial charge in [0.25, 0.3) is 0 Å². The third kappa shape index (κ3) is 8.98. The Kier molecular flexibility index (Phi) is 11.8. The Balaban J connectivity index is 1.42. The molecule has 0 aromatic heterocycles. The number of unbranched alkanes of at least 4 members (excludes halogenated alkanes) is 8. The molecule has 0 spiro atoms.